The molecule has 0 aromatic carbocycles. The Labute approximate surface area is 76.8 Å². The lowest BCUT2D eigenvalue weighted by Gasteiger charge is -1.99. The normalized spacial score (nSPS) is 11.2. The summed E-state index contributed by atoms with van der Waals surface area (Å²) in [6.07, 6.45) is 10.4. The quantitative estimate of drug-likeness (QED) is 0.400. The van der Waals surface area contributed by atoms with Crippen LogP contribution in [0.5, 0.6) is 0 Å². The number of rotatable bonds is 8. The van der Waals surface area contributed by atoms with Gasteiger partial charge in [0.05, 0.1) is 6.61 Å². The lowest BCUT2D eigenvalue weighted by atomic mass is 10.3. The van der Waals surface area contributed by atoms with E-state index in [4.69, 9.17) is 4.74 Å². The number of allylic oxidation sites excluding steroid dienone is 1. The van der Waals surface area contributed by atoms with Gasteiger partial charge in [-0.25, -0.2) is 0 Å². The molecule has 0 aliphatic carbocycles. The summed E-state index contributed by atoms with van der Waals surface area (Å²) in [5, 5.41) is 0. The molecule has 0 amide bonds. The van der Waals surface area contributed by atoms with Crippen molar-refractivity contribution in [2.24, 2.45) is 0 Å². The molecule has 0 aromatic heterocycles. The Kier molecular flexibility index (Phi) is 10.4. The first-order valence-electron chi connectivity index (χ1n) is 5.14. The molecule has 72 valence electrons. The molecule has 0 aliphatic rings. The van der Waals surface area contributed by atoms with Crippen molar-refractivity contribution in [3.05, 3.63) is 12.2 Å². The number of hydrogen-bond donors (Lipinski definition) is 0. The molecule has 0 bridgehead atoms. The average molecular weight is 170 g/mol. The van der Waals surface area contributed by atoms with Crippen molar-refractivity contribution in [2.45, 2.75) is 46.0 Å². The van der Waals surface area contributed by atoms with E-state index >= 15 is 0 Å². The van der Waals surface area contributed by atoms with Crippen molar-refractivity contribution in [3.63, 3.8) is 0 Å². The first-order valence-corrected chi connectivity index (χ1v) is 5.14. The van der Waals surface area contributed by atoms with Gasteiger partial charge in [-0.15, -0.1) is 0 Å². The summed E-state index contributed by atoms with van der Waals surface area (Å²) in [5.41, 5.74) is 0. The van der Waals surface area contributed by atoms with Gasteiger partial charge in [0, 0.05) is 6.61 Å². The van der Waals surface area contributed by atoms with Crippen LogP contribution >= 0.6 is 0 Å². The van der Waals surface area contributed by atoms with Gasteiger partial charge in [-0.1, -0.05) is 38.8 Å². The summed E-state index contributed by atoms with van der Waals surface area (Å²) in [7, 11) is 0. The second-order valence-corrected chi connectivity index (χ2v) is 3.01. The van der Waals surface area contributed by atoms with Crippen molar-refractivity contribution in [2.75, 3.05) is 13.2 Å². The van der Waals surface area contributed by atoms with E-state index < -0.39 is 0 Å². The fourth-order valence-electron chi connectivity index (χ4n) is 0.902. The highest BCUT2D eigenvalue weighted by Crippen LogP contribution is 1.93. The average Bonchev–Trinajstić information content (AvgIpc) is 2.10. The van der Waals surface area contributed by atoms with E-state index in [1.807, 2.05) is 0 Å². The molecule has 1 heteroatoms. The molecule has 0 fully saturated rings. The summed E-state index contributed by atoms with van der Waals surface area (Å²) in [6, 6.07) is 0. The Balaban J connectivity index is 2.90. The van der Waals surface area contributed by atoms with Gasteiger partial charge in [-0.2, -0.15) is 0 Å². The first kappa shape index (κ1) is 11.7. The molecular weight excluding hydrogens is 148 g/mol. The minimum Gasteiger partial charge on any atom is -0.381 e. The van der Waals surface area contributed by atoms with Gasteiger partial charge in [0.25, 0.3) is 0 Å². The second-order valence-electron chi connectivity index (χ2n) is 3.01. The Morgan fingerprint density at radius 1 is 0.917 bits per heavy atom. The Hall–Kier alpha value is -0.300. The Bertz CT molecular complexity index is 97.2. The predicted molar refractivity (Wildman–Crippen MR) is 54.4 cm³/mol. The monoisotopic (exact) mass is 170 g/mol. The summed E-state index contributed by atoms with van der Waals surface area (Å²) in [6.45, 7) is 6.20. The Morgan fingerprint density at radius 3 is 2.33 bits per heavy atom. The minimum atomic E-state index is 0.889. The van der Waals surface area contributed by atoms with Gasteiger partial charge in [-0.3, -0.25) is 0 Å². The largest absolute Gasteiger partial charge is 0.381 e. The maximum atomic E-state index is 5.40. The summed E-state index contributed by atoms with van der Waals surface area (Å²) in [4.78, 5) is 0. The van der Waals surface area contributed by atoms with E-state index in [2.05, 4.69) is 26.0 Å². The van der Waals surface area contributed by atoms with Crippen LogP contribution in [0.15, 0.2) is 12.2 Å². The zero-order valence-corrected chi connectivity index (χ0v) is 8.51. The van der Waals surface area contributed by atoms with Crippen molar-refractivity contribution < 1.29 is 4.74 Å². The third kappa shape index (κ3) is 9.70. The van der Waals surface area contributed by atoms with Crippen molar-refractivity contribution in [3.8, 4) is 0 Å². The summed E-state index contributed by atoms with van der Waals surface area (Å²) in [5.74, 6) is 0. The fraction of sp³-hybridized carbons (Fsp3) is 0.818. The van der Waals surface area contributed by atoms with Crippen LogP contribution in [0.1, 0.15) is 46.0 Å². The molecule has 0 atom stereocenters. The number of unbranched alkanes of at least 4 members (excludes halogenated alkanes) is 2. The van der Waals surface area contributed by atoms with E-state index in [1.165, 1.54) is 25.7 Å². The zero-order chi connectivity index (χ0) is 9.07. The van der Waals surface area contributed by atoms with Gasteiger partial charge in [0.1, 0.15) is 0 Å². The molecule has 0 aromatic rings. The molecule has 0 radical (unpaired) electrons. The van der Waals surface area contributed by atoms with Crippen LogP contribution in [0.4, 0.5) is 0 Å². The molecule has 0 saturated carbocycles. The molecule has 0 unspecified atom stereocenters. The van der Waals surface area contributed by atoms with Gasteiger partial charge in [0.2, 0.25) is 0 Å². The third-order valence-electron chi connectivity index (χ3n) is 1.69. The molecule has 0 spiro atoms. The van der Waals surface area contributed by atoms with Crippen LogP contribution in [0, 0.1) is 0 Å². The smallest absolute Gasteiger partial charge is 0.0500 e. The molecule has 12 heavy (non-hydrogen) atoms. The van der Waals surface area contributed by atoms with Crippen molar-refractivity contribution >= 4 is 0 Å². The lowest BCUT2D eigenvalue weighted by molar-refractivity contribution is 0.136. The number of ether oxygens (including phenoxy) is 1. The highest BCUT2D eigenvalue weighted by Gasteiger charge is 1.84. The maximum absolute atomic E-state index is 5.40. The zero-order valence-electron chi connectivity index (χ0n) is 8.51. The van der Waals surface area contributed by atoms with Crippen LogP contribution in [0.25, 0.3) is 0 Å². The van der Waals surface area contributed by atoms with Gasteiger partial charge in [0.15, 0.2) is 0 Å². The second kappa shape index (κ2) is 10.7. The highest BCUT2D eigenvalue weighted by molar-refractivity contribution is 4.80. The predicted octanol–water partition coefficient (Wildman–Crippen LogP) is 3.55. The molecular formula is C11H22O. The first-order chi connectivity index (χ1) is 5.91. The Morgan fingerprint density at radius 2 is 1.67 bits per heavy atom. The SMILES string of the molecule is CCCC=CCCOCCCC. The highest BCUT2D eigenvalue weighted by atomic mass is 16.5. The fourth-order valence-corrected chi connectivity index (χ4v) is 0.902. The van der Waals surface area contributed by atoms with Crippen molar-refractivity contribution in [1.29, 1.82) is 0 Å². The van der Waals surface area contributed by atoms with E-state index in [0.29, 0.717) is 0 Å². The van der Waals surface area contributed by atoms with Crippen LogP contribution < -0.4 is 0 Å². The minimum absolute atomic E-state index is 0.889. The third-order valence-corrected chi connectivity index (χ3v) is 1.69. The number of hydrogen-bond acceptors (Lipinski definition) is 1. The molecule has 0 saturated heterocycles. The summed E-state index contributed by atoms with van der Waals surface area (Å²) < 4.78 is 5.40. The van der Waals surface area contributed by atoms with Gasteiger partial charge < -0.3 is 4.74 Å². The summed E-state index contributed by atoms with van der Waals surface area (Å²) >= 11 is 0. The van der Waals surface area contributed by atoms with Gasteiger partial charge in [-0.05, 0) is 19.3 Å². The lowest BCUT2D eigenvalue weighted by Crippen LogP contribution is -1.94. The van der Waals surface area contributed by atoms with Crippen molar-refractivity contribution in [1.82, 2.24) is 0 Å². The molecule has 0 aliphatic heterocycles. The molecule has 0 N–H and O–H groups in total. The van der Waals surface area contributed by atoms with E-state index in [1.54, 1.807) is 0 Å². The molecule has 1 nitrogen and oxygen atoms in total. The maximum Gasteiger partial charge on any atom is 0.0500 e. The molecule has 0 rings (SSSR count). The van der Waals surface area contributed by atoms with Crippen LogP contribution in [0.3, 0.4) is 0 Å². The van der Waals surface area contributed by atoms with E-state index in [0.717, 1.165) is 19.6 Å². The standard InChI is InChI=1S/C11H22O/c1-3-5-7-8-9-11-12-10-6-4-2/h7-8H,3-6,9-11H2,1-2H3. The van der Waals surface area contributed by atoms with E-state index in [-0.39, 0.29) is 0 Å². The van der Waals surface area contributed by atoms with Crippen LogP contribution in [-0.4, -0.2) is 13.2 Å². The molecule has 0 heterocycles. The van der Waals surface area contributed by atoms with E-state index in [9.17, 15) is 0 Å². The van der Waals surface area contributed by atoms with Crippen LogP contribution in [0.2, 0.25) is 0 Å². The van der Waals surface area contributed by atoms with Gasteiger partial charge >= 0.3 is 0 Å². The van der Waals surface area contributed by atoms with Crippen LogP contribution in [-0.2, 0) is 4.74 Å². The topological polar surface area (TPSA) is 9.23 Å².